The van der Waals surface area contributed by atoms with Gasteiger partial charge in [-0.1, -0.05) is 0 Å². The van der Waals surface area contributed by atoms with E-state index in [2.05, 4.69) is 10.6 Å². The summed E-state index contributed by atoms with van der Waals surface area (Å²) in [6, 6.07) is 0. The number of nitrogens with two attached hydrogens (primary N) is 1. The van der Waals surface area contributed by atoms with Crippen LogP contribution in [0.5, 0.6) is 0 Å². The molecule has 0 aliphatic carbocycles. The van der Waals surface area contributed by atoms with Crippen molar-refractivity contribution in [3.63, 3.8) is 0 Å². The lowest BCUT2D eigenvalue weighted by Gasteiger charge is -2.17. The summed E-state index contributed by atoms with van der Waals surface area (Å²) in [4.78, 5) is 11.1. The van der Waals surface area contributed by atoms with E-state index in [1.807, 2.05) is 13.8 Å². The second kappa shape index (κ2) is 4.52. The van der Waals surface area contributed by atoms with Crippen LogP contribution in [-0.2, 0) is 4.74 Å². The number of nitrogens with one attached hydrogen (secondary N) is 3. The molecular formula is C10H18N4O2. The minimum atomic E-state index is -0.593. The SMILES string of the molecule is CCOC(=O)N/C(N)=C1/CNC(C)(C)C1=N. The lowest BCUT2D eigenvalue weighted by molar-refractivity contribution is 0.155. The van der Waals surface area contributed by atoms with Crippen LogP contribution in [0.4, 0.5) is 4.79 Å². The standard InChI is InChI=1S/C10H18N4O2/c1-4-16-9(15)14-8(12)6-5-13-10(2,3)7(6)11/h11,13H,4-5,12H2,1-3H3,(H,14,15)/b8-6-,11-7?. The first-order valence-corrected chi connectivity index (χ1v) is 5.15. The van der Waals surface area contributed by atoms with Gasteiger partial charge in [0.2, 0.25) is 0 Å². The van der Waals surface area contributed by atoms with E-state index < -0.39 is 11.6 Å². The number of ether oxygens (including phenoxy) is 1. The van der Waals surface area contributed by atoms with Gasteiger partial charge in [0.05, 0.1) is 17.9 Å². The van der Waals surface area contributed by atoms with Crippen LogP contribution in [0.15, 0.2) is 11.4 Å². The van der Waals surface area contributed by atoms with E-state index in [1.165, 1.54) is 0 Å². The van der Waals surface area contributed by atoms with Crippen molar-refractivity contribution < 1.29 is 9.53 Å². The molecule has 0 radical (unpaired) electrons. The first-order chi connectivity index (χ1) is 7.38. The quantitative estimate of drug-likeness (QED) is 0.544. The van der Waals surface area contributed by atoms with Crippen molar-refractivity contribution in [2.75, 3.05) is 13.2 Å². The summed E-state index contributed by atoms with van der Waals surface area (Å²) in [7, 11) is 0. The molecule has 1 aliphatic heterocycles. The second-order valence-corrected chi connectivity index (χ2v) is 4.09. The Morgan fingerprint density at radius 2 is 2.31 bits per heavy atom. The van der Waals surface area contributed by atoms with Gasteiger partial charge in [-0.3, -0.25) is 5.32 Å². The Morgan fingerprint density at radius 1 is 1.69 bits per heavy atom. The molecular weight excluding hydrogens is 208 g/mol. The maximum Gasteiger partial charge on any atom is 0.412 e. The van der Waals surface area contributed by atoms with Crippen LogP contribution in [0, 0.1) is 5.41 Å². The van der Waals surface area contributed by atoms with Gasteiger partial charge < -0.3 is 21.2 Å². The molecule has 0 unspecified atom stereocenters. The molecule has 0 aromatic carbocycles. The van der Waals surface area contributed by atoms with Gasteiger partial charge in [-0.05, 0) is 20.8 Å². The number of carbonyl (C=O) groups excluding carboxylic acids is 1. The van der Waals surface area contributed by atoms with E-state index in [9.17, 15) is 4.79 Å². The molecule has 90 valence electrons. The van der Waals surface area contributed by atoms with Crippen molar-refractivity contribution in [2.45, 2.75) is 26.3 Å². The molecule has 0 aromatic heterocycles. The average Bonchev–Trinajstić information content (AvgIpc) is 2.42. The third-order valence-electron chi connectivity index (χ3n) is 2.47. The predicted molar refractivity (Wildman–Crippen MR) is 61.2 cm³/mol. The van der Waals surface area contributed by atoms with Crippen molar-refractivity contribution in [1.82, 2.24) is 10.6 Å². The van der Waals surface area contributed by atoms with E-state index in [4.69, 9.17) is 15.9 Å². The molecule has 1 heterocycles. The van der Waals surface area contributed by atoms with Gasteiger partial charge in [-0.2, -0.15) is 0 Å². The van der Waals surface area contributed by atoms with Crippen LogP contribution in [0.25, 0.3) is 0 Å². The highest BCUT2D eigenvalue weighted by Gasteiger charge is 2.34. The number of hydrogen-bond acceptors (Lipinski definition) is 5. The van der Waals surface area contributed by atoms with Gasteiger partial charge >= 0.3 is 6.09 Å². The first-order valence-electron chi connectivity index (χ1n) is 5.15. The highest BCUT2D eigenvalue weighted by molar-refractivity contribution is 6.07. The molecule has 6 nitrogen and oxygen atoms in total. The fraction of sp³-hybridized carbons (Fsp3) is 0.600. The minimum absolute atomic E-state index is 0.182. The Hall–Kier alpha value is -1.56. The van der Waals surface area contributed by atoms with Gasteiger partial charge in [-0.15, -0.1) is 0 Å². The number of carbonyl (C=O) groups is 1. The van der Waals surface area contributed by atoms with E-state index in [0.29, 0.717) is 17.8 Å². The molecule has 5 N–H and O–H groups in total. The van der Waals surface area contributed by atoms with Crippen LogP contribution in [0.3, 0.4) is 0 Å². The highest BCUT2D eigenvalue weighted by atomic mass is 16.5. The average molecular weight is 226 g/mol. The van der Waals surface area contributed by atoms with Gasteiger partial charge in [0, 0.05) is 12.1 Å². The van der Waals surface area contributed by atoms with Gasteiger partial charge in [0.25, 0.3) is 0 Å². The highest BCUT2D eigenvalue weighted by Crippen LogP contribution is 2.19. The normalized spacial score (nSPS) is 21.8. The van der Waals surface area contributed by atoms with Crippen molar-refractivity contribution in [2.24, 2.45) is 5.73 Å². The molecule has 0 bridgehead atoms. The zero-order chi connectivity index (χ0) is 12.3. The van der Waals surface area contributed by atoms with Gasteiger partial charge in [0.1, 0.15) is 5.82 Å². The lowest BCUT2D eigenvalue weighted by Crippen LogP contribution is -2.38. The van der Waals surface area contributed by atoms with Gasteiger partial charge in [0.15, 0.2) is 0 Å². The summed E-state index contributed by atoms with van der Waals surface area (Å²) >= 11 is 0. The topological polar surface area (TPSA) is 100 Å². The minimum Gasteiger partial charge on any atom is -0.450 e. The van der Waals surface area contributed by atoms with E-state index in [1.54, 1.807) is 6.92 Å². The Balaban J connectivity index is 2.75. The summed E-state index contributed by atoms with van der Waals surface area (Å²) in [6.07, 6.45) is -0.593. The Kier molecular flexibility index (Phi) is 3.54. The first kappa shape index (κ1) is 12.5. The van der Waals surface area contributed by atoms with E-state index >= 15 is 0 Å². The molecule has 1 amide bonds. The largest absolute Gasteiger partial charge is 0.450 e. The van der Waals surface area contributed by atoms with Crippen LogP contribution >= 0.6 is 0 Å². The molecule has 0 atom stereocenters. The zero-order valence-corrected chi connectivity index (χ0v) is 9.81. The third-order valence-corrected chi connectivity index (χ3v) is 2.47. The zero-order valence-electron chi connectivity index (χ0n) is 9.81. The Bertz CT molecular complexity index is 347. The van der Waals surface area contributed by atoms with Crippen molar-refractivity contribution in [3.05, 3.63) is 11.4 Å². The number of amides is 1. The van der Waals surface area contributed by atoms with Crippen molar-refractivity contribution >= 4 is 11.8 Å². The second-order valence-electron chi connectivity index (χ2n) is 4.09. The molecule has 0 saturated carbocycles. The number of rotatable bonds is 2. The Morgan fingerprint density at radius 3 is 2.75 bits per heavy atom. The van der Waals surface area contributed by atoms with Crippen molar-refractivity contribution in [3.8, 4) is 0 Å². The lowest BCUT2D eigenvalue weighted by atomic mass is 9.98. The number of hydrogen-bond donors (Lipinski definition) is 4. The maximum absolute atomic E-state index is 11.1. The van der Waals surface area contributed by atoms with E-state index in [-0.39, 0.29) is 12.4 Å². The monoisotopic (exact) mass is 226 g/mol. The van der Waals surface area contributed by atoms with Crippen LogP contribution in [0.2, 0.25) is 0 Å². The number of alkyl carbamates (subject to hydrolysis) is 1. The molecule has 6 heteroatoms. The van der Waals surface area contributed by atoms with E-state index in [0.717, 1.165) is 0 Å². The van der Waals surface area contributed by atoms with Gasteiger partial charge in [-0.25, -0.2) is 4.79 Å². The smallest absolute Gasteiger partial charge is 0.412 e. The fourth-order valence-corrected chi connectivity index (χ4v) is 1.45. The molecule has 16 heavy (non-hydrogen) atoms. The van der Waals surface area contributed by atoms with Crippen LogP contribution < -0.4 is 16.4 Å². The molecule has 0 aromatic rings. The summed E-state index contributed by atoms with van der Waals surface area (Å²) in [5.74, 6) is 0.182. The molecule has 1 saturated heterocycles. The molecule has 1 rings (SSSR count). The van der Waals surface area contributed by atoms with Crippen LogP contribution in [0.1, 0.15) is 20.8 Å². The summed E-state index contributed by atoms with van der Waals surface area (Å²) in [5, 5.41) is 13.4. The van der Waals surface area contributed by atoms with Crippen LogP contribution in [-0.4, -0.2) is 30.5 Å². The summed E-state index contributed by atoms with van der Waals surface area (Å²) in [5.41, 5.74) is 6.30. The summed E-state index contributed by atoms with van der Waals surface area (Å²) in [6.45, 7) is 6.25. The Labute approximate surface area is 94.7 Å². The predicted octanol–water partition coefficient (Wildman–Crippen LogP) is 0.304. The fourth-order valence-electron chi connectivity index (χ4n) is 1.45. The van der Waals surface area contributed by atoms with Crippen molar-refractivity contribution in [1.29, 1.82) is 5.41 Å². The molecule has 0 spiro atoms. The third kappa shape index (κ3) is 2.52. The summed E-state index contributed by atoms with van der Waals surface area (Å²) < 4.78 is 4.70. The maximum atomic E-state index is 11.1. The molecule has 1 aliphatic rings. The molecule has 1 fully saturated rings.